The first-order valence-corrected chi connectivity index (χ1v) is 5.00. The van der Waals surface area contributed by atoms with E-state index in [-0.39, 0.29) is 0 Å². The second-order valence-electron chi connectivity index (χ2n) is 3.90. The molecule has 1 N–H and O–H groups in total. The van der Waals surface area contributed by atoms with E-state index in [0.29, 0.717) is 6.04 Å². The molecule has 0 spiro atoms. The van der Waals surface area contributed by atoms with Crippen molar-refractivity contribution in [3.05, 3.63) is 17.5 Å². The Kier molecular flexibility index (Phi) is 2.36. The summed E-state index contributed by atoms with van der Waals surface area (Å²) in [7, 11) is 0. The van der Waals surface area contributed by atoms with E-state index >= 15 is 0 Å². The molecule has 1 aliphatic heterocycles. The second kappa shape index (κ2) is 3.50. The Morgan fingerprint density at radius 2 is 2.46 bits per heavy atom. The predicted molar refractivity (Wildman–Crippen MR) is 52.7 cm³/mol. The van der Waals surface area contributed by atoms with Crippen molar-refractivity contribution >= 4 is 0 Å². The average molecular weight is 179 g/mol. The number of aryl methyl sites for hydroxylation is 2. The van der Waals surface area contributed by atoms with Crippen LogP contribution in [0.2, 0.25) is 0 Å². The van der Waals surface area contributed by atoms with Crippen molar-refractivity contribution < 1.29 is 0 Å². The maximum atomic E-state index is 4.45. The molecule has 1 saturated heterocycles. The zero-order chi connectivity index (χ0) is 9.26. The molecule has 3 heteroatoms. The SMILES string of the molecule is Cc1cc(C)n(CC2CCCN2)n1. The Labute approximate surface area is 79.1 Å². The molecule has 1 fully saturated rings. The molecule has 1 aromatic rings. The Morgan fingerprint density at radius 1 is 1.62 bits per heavy atom. The van der Waals surface area contributed by atoms with Crippen LogP contribution in [0.5, 0.6) is 0 Å². The van der Waals surface area contributed by atoms with Gasteiger partial charge in [-0.2, -0.15) is 5.10 Å². The minimum atomic E-state index is 0.637. The zero-order valence-electron chi connectivity index (χ0n) is 8.38. The van der Waals surface area contributed by atoms with Crippen molar-refractivity contribution in [1.29, 1.82) is 0 Å². The summed E-state index contributed by atoms with van der Waals surface area (Å²) in [5.41, 5.74) is 2.39. The number of hydrogen-bond acceptors (Lipinski definition) is 2. The van der Waals surface area contributed by atoms with E-state index in [1.807, 2.05) is 6.92 Å². The summed E-state index contributed by atoms with van der Waals surface area (Å²) in [5.74, 6) is 0. The van der Waals surface area contributed by atoms with E-state index in [4.69, 9.17) is 0 Å². The summed E-state index contributed by atoms with van der Waals surface area (Å²) in [6, 6.07) is 2.77. The summed E-state index contributed by atoms with van der Waals surface area (Å²) in [5, 5.41) is 7.93. The first kappa shape index (κ1) is 8.75. The van der Waals surface area contributed by atoms with Crippen molar-refractivity contribution in [1.82, 2.24) is 15.1 Å². The predicted octanol–water partition coefficient (Wildman–Crippen LogP) is 1.25. The molecule has 0 aliphatic carbocycles. The summed E-state index contributed by atoms with van der Waals surface area (Å²) in [6.07, 6.45) is 2.60. The molecule has 2 rings (SSSR count). The lowest BCUT2D eigenvalue weighted by Crippen LogP contribution is -2.27. The highest BCUT2D eigenvalue weighted by Gasteiger charge is 2.15. The summed E-state index contributed by atoms with van der Waals surface area (Å²) < 4.78 is 2.11. The molecule has 0 aromatic carbocycles. The van der Waals surface area contributed by atoms with Crippen LogP contribution >= 0.6 is 0 Å². The first-order valence-electron chi connectivity index (χ1n) is 5.00. The normalized spacial score (nSPS) is 22.5. The number of rotatable bonds is 2. The van der Waals surface area contributed by atoms with Crippen LogP contribution in [0.15, 0.2) is 6.07 Å². The zero-order valence-corrected chi connectivity index (χ0v) is 8.38. The summed E-state index contributed by atoms with van der Waals surface area (Å²) in [4.78, 5) is 0. The standard InChI is InChI=1S/C10H17N3/c1-8-6-9(2)13(12-8)7-10-4-3-5-11-10/h6,10-11H,3-5,7H2,1-2H3. The van der Waals surface area contributed by atoms with Gasteiger partial charge in [0, 0.05) is 11.7 Å². The van der Waals surface area contributed by atoms with Crippen molar-refractivity contribution in [3.8, 4) is 0 Å². The minimum Gasteiger partial charge on any atom is -0.312 e. The molecular weight excluding hydrogens is 162 g/mol. The van der Waals surface area contributed by atoms with Gasteiger partial charge in [0.05, 0.1) is 12.2 Å². The third kappa shape index (κ3) is 1.91. The summed E-state index contributed by atoms with van der Waals surface area (Å²) >= 11 is 0. The third-order valence-corrected chi connectivity index (χ3v) is 2.66. The topological polar surface area (TPSA) is 29.9 Å². The molecular formula is C10H17N3. The van der Waals surface area contributed by atoms with Crippen LogP contribution in [-0.2, 0) is 6.54 Å². The molecule has 0 bridgehead atoms. The monoisotopic (exact) mass is 179 g/mol. The Hall–Kier alpha value is -0.830. The molecule has 0 amide bonds. The van der Waals surface area contributed by atoms with E-state index in [1.54, 1.807) is 0 Å². The van der Waals surface area contributed by atoms with Crippen LogP contribution in [0.25, 0.3) is 0 Å². The lowest BCUT2D eigenvalue weighted by atomic mass is 10.2. The minimum absolute atomic E-state index is 0.637. The van der Waals surface area contributed by atoms with E-state index in [2.05, 4.69) is 28.1 Å². The maximum absolute atomic E-state index is 4.45. The van der Waals surface area contributed by atoms with E-state index in [0.717, 1.165) is 12.2 Å². The van der Waals surface area contributed by atoms with Gasteiger partial charge in [-0.15, -0.1) is 0 Å². The van der Waals surface area contributed by atoms with Crippen molar-refractivity contribution in [2.75, 3.05) is 6.54 Å². The second-order valence-corrected chi connectivity index (χ2v) is 3.90. The number of nitrogens with one attached hydrogen (secondary N) is 1. The molecule has 13 heavy (non-hydrogen) atoms. The molecule has 0 saturated carbocycles. The van der Waals surface area contributed by atoms with Crippen LogP contribution in [0.3, 0.4) is 0 Å². The molecule has 0 radical (unpaired) electrons. The quantitative estimate of drug-likeness (QED) is 0.740. The molecule has 1 aromatic heterocycles. The molecule has 1 atom stereocenters. The smallest absolute Gasteiger partial charge is 0.0596 e. The number of aromatic nitrogens is 2. The van der Waals surface area contributed by atoms with Gasteiger partial charge in [0.2, 0.25) is 0 Å². The number of nitrogens with zero attached hydrogens (tertiary/aromatic N) is 2. The first-order chi connectivity index (χ1) is 6.25. The highest BCUT2D eigenvalue weighted by Crippen LogP contribution is 2.09. The van der Waals surface area contributed by atoms with Crippen molar-refractivity contribution in [2.45, 2.75) is 39.3 Å². The fourth-order valence-electron chi connectivity index (χ4n) is 1.98. The van der Waals surface area contributed by atoms with E-state index < -0.39 is 0 Å². The maximum Gasteiger partial charge on any atom is 0.0596 e. The van der Waals surface area contributed by atoms with Gasteiger partial charge < -0.3 is 5.32 Å². The average Bonchev–Trinajstić information content (AvgIpc) is 2.63. The van der Waals surface area contributed by atoms with Gasteiger partial charge in [-0.25, -0.2) is 0 Å². The largest absolute Gasteiger partial charge is 0.312 e. The van der Waals surface area contributed by atoms with Crippen LogP contribution < -0.4 is 5.32 Å². The fraction of sp³-hybridized carbons (Fsp3) is 0.700. The lowest BCUT2D eigenvalue weighted by Gasteiger charge is -2.11. The Morgan fingerprint density at radius 3 is 3.00 bits per heavy atom. The summed E-state index contributed by atoms with van der Waals surface area (Å²) in [6.45, 7) is 6.37. The number of hydrogen-bond donors (Lipinski definition) is 1. The van der Waals surface area contributed by atoms with Crippen molar-refractivity contribution in [2.24, 2.45) is 0 Å². The Balaban J connectivity index is 2.03. The van der Waals surface area contributed by atoms with Gasteiger partial charge in [-0.1, -0.05) is 0 Å². The van der Waals surface area contributed by atoms with Gasteiger partial charge in [0.15, 0.2) is 0 Å². The van der Waals surface area contributed by atoms with E-state index in [9.17, 15) is 0 Å². The van der Waals surface area contributed by atoms with Gasteiger partial charge in [0.25, 0.3) is 0 Å². The molecule has 72 valence electrons. The molecule has 3 nitrogen and oxygen atoms in total. The molecule has 1 unspecified atom stereocenters. The molecule has 1 aliphatic rings. The van der Waals surface area contributed by atoms with Crippen LogP contribution in [-0.4, -0.2) is 22.4 Å². The highest BCUT2D eigenvalue weighted by atomic mass is 15.3. The van der Waals surface area contributed by atoms with Crippen molar-refractivity contribution in [3.63, 3.8) is 0 Å². The van der Waals surface area contributed by atoms with Crippen LogP contribution in [0.4, 0.5) is 0 Å². The van der Waals surface area contributed by atoms with Crippen LogP contribution in [0, 0.1) is 13.8 Å². The Bertz CT molecular complexity index is 284. The van der Waals surface area contributed by atoms with Gasteiger partial charge >= 0.3 is 0 Å². The highest BCUT2D eigenvalue weighted by molar-refractivity contribution is 5.06. The van der Waals surface area contributed by atoms with Gasteiger partial charge in [0.1, 0.15) is 0 Å². The third-order valence-electron chi connectivity index (χ3n) is 2.66. The van der Waals surface area contributed by atoms with Gasteiger partial charge in [-0.3, -0.25) is 4.68 Å². The van der Waals surface area contributed by atoms with Gasteiger partial charge in [-0.05, 0) is 39.3 Å². The molecule has 2 heterocycles. The lowest BCUT2D eigenvalue weighted by molar-refractivity contribution is 0.467. The van der Waals surface area contributed by atoms with Crippen LogP contribution in [0.1, 0.15) is 24.2 Å². The fourth-order valence-corrected chi connectivity index (χ4v) is 1.98. The van der Waals surface area contributed by atoms with E-state index in [1.165, 1.54) is 25.1 Å².